The molecule has 2 aromatic heterocycles. The number of hydrazine groups is 1. The van der Waals surface area contributed by atoms with E-state index >= 15 is 0 Å². The molecule has 9 heteroatoms. The fraction of sp³-hybridized carbons (Fsp3) is 0.143. The van der Waals surface area contributed by atoms with Gasteiger partial charge in [0.15, 0.2) is 0 Å². The number of nitrogens with zero attached hydrogens (tertiary/aromatic N) is 3. The minimum atomic E-state index is -0.482. The topological polar surface area (TPSA) is 119 Å². The van der Waals surface area contributed by atoms with Crippen molar-refractivity contribution in [1.29, 1.82) is 0 Å². The van der Waals surface area contributed by atoms with Gasteiger partial charge in [-0.05, 0) is 0 Å². The Morgan fingerprint density at radius 2 is 2.31 bits per heavy atom. The van der Waals surface area contributed by atoms with Crippen molar-refractivity contribution in [3.05, 3.63) is 38.1 Å². The quantitative estimate of drug-likeness (QED) is 0.454. The van der Waals surface area contributed by atoms with E-state index in [1.165, 1.54) is 28.2 Å². The second-order valence-electron chi connectivity index (χ2n) is 2.88. The third kappa shape index (κ3) is 2.15. The molecule has 16 heavy (non-hydrogen) atoms. The summed E-state index contributed by atoms with van der Waals surface area (Å²) in [6.07, 6.45) is 1.40. The molecule has 4 N–H and O–H groups in total. The minimum Gasteiger partial charge on any atom is -0.298 e. The largest absolute Gasteiger partial charge is 0.328 e. The SMILES string of the molecule is NNc1nnc(Cn2ccc(=O)[nH]c2=O)s1. The number of nitrogen functional groups attached to an aromatic ring is 1. The Bertz CT molecular complexity index is 599. The van der Waals surface area contributed by atoms with Crippen molar-refractivity contribution < 1.29 is 0 Å². The van der Waals surface area contributed by atoms with E-state index < -0.39 is 11.2 Å². The van der Waals surface area contributed by atoms with Crippen LogP contribution in [0.25, 0.3) is 0 Å². The molecule has 0 saturated heterocycles. The molecule has 0 bridgehead atoms. The van der Waals surface area contributed by atoms with E-state index in [1.807, 2.05) is 0 Å². The molecule has 0 aliphatic heterocycles. The van der Waals surface area contributed by atoms with Crippen molar-refractivity contribution in [3.8, 4) is 0 Å². The molecule has 0 aliphatic carbocycles. The van der Waals surface area contributed by atoms with Crippen LogP contribution >= 0.6 is 11.3 Å². The third-order valence-electron chi connectivity index (χ3n) is 1.79. The van der Waals surface area contributed by atoms with Crippen molar-refractivity contribution in [2.45, 2.75) is 6.54 Å². The van der Waals surface area contributed by atoms with Crippen LogP contribution in [0.3, 0.4) is 0 Å². The van der Waals surface area contributed by atoms with E-state index in [0.717, 1.165) is 0 Å². The van der Waals surface area contributed by atoms with Gasteiger partial charge in [-0.2, -0.15) is 0 Å². The highest BCUT2D eigenvalue weighted by molar-refractivity contribution is 7.15. The van der Waals surface area contributed by atoms with Gasteiger partial charge in [0.05, 0.1) is 6.54 Å². The molecule has 0 atom stereocenters. The second kappa shape index (κ2) is 4.24. The van der Waals surface area contributed by atoms with Crippen LogP contribution in [-0.4, -0.2) is 19.7 Å². The Labute approximate surface area is 92.7 Å². The van der Waals surface area contributed by atoms with Crippen LogP contribution < -0.4 is 22.5 Å². The lowest BCUT2D eigenvalue weighted by Crippen LogP contribution is -2.28. The monoisotopic (exact) mass is 240 g/mol. The van der Waals surface area contributed by atoms with E-state index in [1.54, 1.807) is 0 Å². The molecule has 84 valence electrons. The molecule has 0 spiro atoms. The zero-order chi connectivity index (χ0) is 11.5. The van der Waals surface area contributed by atoms with Gasteiger partial charge in [0, 0.05) is 12.3 Å². The highest BCUT2D eigenvalue weighted by atomic mass is 32.1. The lowest BCUT2D eigenvalue weighted by Gasteiger charge is -1.99. The Morgan fingerprint density at radius 1 is 1.50 bits per heavy atom. The van der Waals surface area contributed by atoms with Crippen molar-refractivity contribution in [1.82, 2.24) is 19.7 Å². The van der Waals surface area contributed by atoms with E-state index in [0.29, 0.717) is 10.1 Å². The number of H-pyrrole nitrogens is 1. The maximum absolute atomic E-state index is 11.3. The molecule has 0 fully saturated rings. The molecule has 8 nitrogen and oxygen atoms in total. The maximum Gasteiger partial charge on any atom is 0.328 e. The Hall–Kier alpha value is -2.00. The van der Waals surface area contributed by atoms with E-state index in [4.69, 9.17) is 5.84 Å². The van der Waals surface area contributed by atoms with Crippen LogP contribution in [0, 0.1) is 0 Å². The van der Waals surface area contributed by atoms with Gasteiger partial charge in [0.2, 0.25) is 5.13 Å². The number of nitrogens with one attached hydrogen (secondary N) is 2. The van der Waals surface area contributed by atoms with Crippen molar-refractivity contribution >= 4 is 16.5 Å². The number of anilines is 1. The summed E-state index contributed by atoms with van der Waals surface area (Å²) in [4.78, 5) is 24.3. The van der Waals surface area contributed by atoms with Gasteiger partial charge in [-0.25, -0.2) is 10.6 Å². The first-order valence-corrected chi connectivity index (χ1v) is 5.09. The van der Waals surface area contributed by atoms with Crippen LogP contribution in [0.4, 0.5) is 5.13 Å². The number of aromatic amines is 1. The van der Waals surface area contributed by atoms with E-state index in [9.17, 15) is 9.59 Å². The van der Waals surface area contributed by atoms with Gasteiger partial charge in [0.1, 0.15) is 5.01 Å². The summed E-state index contributed by atoms with van der Waals surface area (Å²) >= 11 is 1.23. The molecule has 0 radical (unpaired) electrons. The first-order valence-electron chi connectivity index (χ1n) is 4.28. The molecule has 0 aliphatic rings. The van der Waals surface area contributed by atoms with E-state index in [-0.39, 0.29) is 6.54 Å². The molecule has 0 unspecified atom stereocenters. The third-order valence-corrected chi connectivity index (χ3v) is 2.63. The lowest BCUT2D eigenvalue weighted by atomic mass is 10.6. The summed E-state index contributed by atoms with van der Waals surface area (Å²) in [5.74, 6) is 5.15. The lowest BCUT2D eigenvalue weighted by molar-refractivity contribution is 0.709. The first kappa shape index (κ1) is 10.5. The molecule has 2 rings (SSSR count). The van der Waals surface area contributed by atoms with E-state index in [2.05, 4.69) is 20.6 Å². The molecule has 0 aromatic carbocycles. The number of aromatic nitrogens is 4. The summed E-state index contributed by atoms with van der Waals surface area (Å²) in [5.41, 5.74) is 1.45. The zero-order valence-electron chi connectivity index (χ0n) is 8.01. The Balaban J connectivity index is 2.27. The van der Waals surface area contributed by atoms with Crippen LogP contribution in [0.2, 0.25) is 0 Å². The molecular weight excluding hydrogens is 232 g/mol. The molecule has 0 amide bonds. The summed E-state index contributed by atoms with van der Waals surface area (Å²) < 4.78 is 1.32. The average Bonchev–Trinajstić information content (AvgIpc) is 2.70. The number of nitrogens with two attached hydrogens (primary N) is 1. The fourth-order valence-corrected chi connectivity index (χ4v) is 1.74. The van der Waals surface area contributed by atoms with Crippen LogP contribution in [0.1, 0.15) is 5.01 Å². The first-order chi connectivity index (χ1) is 7.69. The highest BCUT2D eigenvalue weighted by Crippen LogP contribution is 2.13. The molecule has 0 saturated carbocycles. The number of hydrogen-bond donors (Lipinski definition) is 3. The van der Waals surface area contributed by atoms with Gasteiger partial charge in [-0.1, -0.05) is 11.3 Å². The summed E-state index contributed by atoms with van der Waals surface area (Å²) in [6, 6.07) is 1.27. The predicted molar refractivity (Wildman–Crippen MR) is 58.1 cm³/mol. The summed E-state index contributed by atoms with van der Waals surface area (Å²) in [6.45, 7) is 0.245. The molecular formula is C7H8N6O2S. The smallest absolute Gasteiger partial charge is 0.298 e. The van der Waals surface area contributed by atoms with Crippen LogP contribution in [-0.2, 0) is 6.54 Å². The summed E-state index contributed by atoms with van der Waals surface area (Å²) in [5, 5.41) is 8.62. The van der Waals surface area contributed by atoms with Crippen LogP contribution in [0.5, 0.6) is 0 Å². The maximum atomic E-state index is 11.3. The van der Waals surface area contributed by atoms with Crippen molar-refractivity contribution in [3.63, 3.8) is 0 Å². The molecule has 2 aromatic rings. The minimum absolute atomic E-state index is 0.245. The zero-order valence-corrected chi connectivity index (χ0v) is 8.82. The van der Waals surface area contributed by atoms with Gasteiger partial charge in [-0.3, -0.25) is 19.8 Å². The van der Waals surface area contributed by atoms with Crippen molar-refractivity contribution in [2.75, 3.05) is 5.43 Å². The standard InChI is InChI=1S/C7H8N6O2S/c8-10-6-12-11-5(16-6)3-13-2-1-4(14)9-7(13)15/h1-2H,3,8H2,(H,10,12)(H,9,14,15). The van der Waals surface area contributed by atoms with Crippen LogP contribution in [0.15, 0.2) is 21.9 Å². The van der Waals surface area contributed by atoms with Gasteiger partial charge < -0.3 is 0 Å². The molecule has 2 heterocycles. The Morgan fingerprint density at radius 3 is 2.94 bits per heavy atom. The fourth-order valence-electron chi connectivity index (χ4n) is 1.09. The number of hydrogen-bond acceptors (Lipinski definition) is 7. The average molecular weight is 240 g/mol. The number of rotatable bonds is 3. The second-order valence-corrected chi connectivity index (χ2v) is 3.95. The normalized spacial score (nSPS) is 10.3. The van der Waals surface area contributed by atoms with Gasteiger partial charge >= 0.3 is 5.69 Å². The van der Waals surface area contributed by atoms with Gasteiger partial charge in [0.25, 0.3) is 5.56 Å². The van der Waals surface area contributed by atoms with Gasteiger partial charge in [-0.15, -0.1) is 10.2 Å². The Kier molecular flexibility index (Phi) is 2.79. The predicted octanol–water partition coefficient (Wildman–Crippen LogP) is -1.28. The highest BCUT2D eigenvalue weighted by Gasteiger charge is 2.04. The van der Waals surface area contributed by atoms with Crippen molar-refractivity contribution in [2.24, 2.45) is 5.84 Å². The summed E-state index contributed by atoms with van der Waals surface area (Å²) in [7, 11) is 0.